The Morgan fingerprint density at radius 1 is 1.30 bits per heavy atom. The van der Waals surface area contributed by atoms with Crippen molar-refractivity contribution in [3.05, 3.63) is 28.8 Å². The van der Waals surface area contributed by atoms with E-state index in [1.807, 2.05) is 11.8 Å². The van der Waals surface area contributed by atoms with E-state index < -0.39 is 5.97 Å². The Morgan fingerprint density at radius 2 is 1.96 bits per heavy atom. The first-order chi connectivity index (χ1) is 12.7. The molecule has 1 aliphatic carbocycles. The third-order valence-corrected chi connectivity index (χ3v) is 5.04. The molecule has 0 atom stereocenters. The lowest BCUT2D eigenvalue weighted by Crippen LogP contribution is -2.54. The number of aliphatic carboxylic acids is 1. The van der Waals surface area contributed by atoms with Gasteiger partial charge in [-0.3, -0.25) is 19.3 Å². The molecular formula is C19H26ClN3O4. The fourth-order valence-electron chi connectivity index (χ4n) is 3.00. The van der Waals surface area contributed by atoms with Gasteiger partial charge in [0.2, 0.25) is 5.91 Å². The van der Waals surface area contributed by atoms with Gasteiger partial charge >= 0.3 is 5.97 Å². The van der Waals surface area contributed by atoms with Crippen molar-refractivity contribution in [2.45, 2.75) is 45.7 Å². The zero-order valence-corrected chi connectivity index (χ0v) is 16.5. The van der Waals surface area contributed by atoms with Crippen LogP contribution in [0.1, 0.15) is 44.0 Å². The number of nitrogens with one attached hydrogen (secondary N) is 2. The molecule has 1 aromatic rings. The van der Waals surface area contributed by atoms with E-state index in [0.29, 0.717) is 35.7 Å². The molecule has 1 aromatic carbocycles. The van der Waals surface area contributed by atoms with Gasteiger partial charge in [-0.2, -0.15) is 0 Å². The van der Waals surface area contributed by atoms with Crippen LogP contribution in [-0.4, -0.2) is 53.0 Å². The second-order valence-corrected chi connectivity index (χ2v) is 7.50. The maximum absolute atomic E-state index is 12.5. The number of rotatable bonds is 8. The summed E-state index contributed by atoms with van der Waals surface area (Å²) in [5.41, 5.74) is 0.827. The highest BCUT2D eigenvalue weighted by Crippen LogP contribution is 2.27. The molecule has 1 saturated carbocycles. The maximum atomic E-state index is 12.5. The minimum Gasteiger partial charge on any atom is -0.480 e. The summed E-state index contributed by atoms with van der Waals surface area (Å²) in [4.78, 5) is 37.2. The van der Waals surface area contributed by atoms with Gasteiger partial charge in [-0.05, 0) is 37.6 Å². The lowest BCUT2D eigenvalue weighted by atomic mass is 9.85. The number of carbonyl (C=O) groups excluding carboxylic acids is 2. The second kappa shape index (κ2) is 9.19. The highest BCUT2D eigenvalue weighted by Gasteiger charge is 2.35. The van der Waals surface area contributed by atoms with Crippen LogP contribution in [0, 0.1) is 5.92 Å². The summed E-state index contributed by atoms with van der Waals surface area (Å²) < 4.78 is 0. The topological polar surface area (TPSA) is 98.7 Å². The number of carboxylic acids is 1. The number of amides is 2. The normalized spacial score (nSPS) is 18.9. The van der Waals surface area contributed by atoms with E-state index in [2.05, 4.69) is 10.6 Å². The summed E-state index contributed by atoms with van der Waals surface area (Å²) in [5.74, 6) is -1.46. The molecule has 0 radical (unpaired) electrons. The van der Waals surface area contributed by atoms with Gasteiger partial charge in [0.15, 0.2) is 0 Å². The van der Waals surface area contributed by atoms with Crippen molar-refractivity contribution < 1.29 is 19.5 Å². The molecule has 0 bridgehead atoms. The third-order valence-electron chi connectivity index (χ3n) is 4.71. The van der Waals surface area contributed by atoms with E-state index >= 15 is 0 Å². The fourth-order valence-corrected chi connectivity index (χ4v) is 3.21. The summed E-state index contributed by atoms with van der Waals surface area (Å²) in [6.45, 7) is 6.16. The Labute approximate surface area is 164 Å². The van der Waals surface area contributed by atoms with Gasteiger partial charge < -0.3 is 15.7 Å². The van der Waals surface area contributed by atoms with Gasteiger partial charge in [0, 0.05) is 23.7 Å². The van der Waals surface area contributed by atoms with Crippen LogP contribution >= 0.6 is 11.6 Å². The van der Waals surface area contributed by atoms with Crippen LogP contribution in [0.25, 0.3) is 0 Å². The third kappa shape index (κ3) is 5.68. The molecule has 0 aliphatic heterocycles. The minimum absolute atomic E-state index is 0.00521. The predicted molar refractivity (Wildman–Crippen MR) is 104 cm³/mol. The van der Waals surface area contributed by atoms with E-state index in [1.165, 1.54) is 0 Å². The molecule has 0 saturated heterocycles. The first kappa shape index (κ1) is 21.2. The van der Waals surface area contributed by atoms with Crippen LogP contribution in [0.5, 0.6) is 0 Å². The van der Waals surface area contributed by atoms with Crippen LogP contribution < -0.4 is 10.6 Å². The molecule has 1 fully saturated rings. The fraction of sp³-hybridized carbons (Fsp3) is 0.526. The molecule has 0 unspecified atom stereocenters. The number of carboxylic acid groups (broad SMARTS) is 1. The van der Waals surface area contributed by atoms with Gasteiger partial charge in [-0.15, -0.1) is 0 Å². The smallest absolute Gasteiger partial charge is 0.317 e. The number of benzene rings is 1. The monoisotopic (exact) mass is 395 g/mol. The summed E-state index contributed by atoms with van der Waals surface area (Å²) in [6, 6.07) is 4.95. The first-order valence-electron chi connectivity index (χ1n) is 9.08. The lowest BCUT2D eigenvalue weighted by molar-refractivity contribution is -0.139. The number of nitrogens with zero attached hydrogens (tertiary/aromatic N) is 1. The highest BCUT2D eigenvalue weighted by atomic mass is 35.5. The molecule has 1 aliphatic rings. The number of anilines is 1. The van der Waals surface area contributed by atoms with Crippen molar-refractivity contribution >= 4 is 35.1 Å². The molecule has 7 nitrogen and oxygen atoms in total. The largest absolute Gasteiger partial charge is 0.480 e. The van der Waals surface area contributed by atoms with E-state index in [-0.39, 0.29) is 36.4 Å². The molecule has 0 aromatic heterocycles. The predicted octanol–water partition coefficient (Wildman–Crippen LogP) is 2.60. The highest BCUT2D eigenvalue weighted by molar-refractivity contribution is 6.34. The van der Waals surface area contributed by atoms with Crippen molar-refractivity contribution in [1.29, 1.82) is 0 Å². The Balaban J connectivity index is 1.95. The SMILES string of the molecule is CCN(CC(=O)O)C1CC(NC(=O)c2cc(NC(=O)C(C)C)ccc2Cl)C1. The lowest BCUT2D eigenvalue weighted by Gasteiger charge is -2.42. The molecule has 8 heteroatoms. The number of carbonyl (C=O) groups is 3. The summed E-state index contributed by atoms with van der Waals surface area (Å²) in [6.07, 6.45) is 1.41. The second-order valence-electron chi connectivity index (χ2n) is 7.09. The van der Waals surface area contributed by atoms with Crippen molar-refractivity contribution in [2.24, 2.45) is 5.92 Å². The molecule has 0 heterocycles. The van der Waals surface area contributed by atoms with Crippen LogP contribution in [0.2, 0.25) is 5.02 Å². The van der Waals surface area contributed by atoms with Gasteiger partial charge in [0.25, 0.3) is 5.91 Å². The van der Waals surface area contributed by atoms with Gasteiger partial charge in [0.1, 0.15) is 0 Å². The number of hydrogen-bond acceptors (Lipinski definition) is 4. The Hall–Kier alpha value is -2.12. The average Bonchev–Trinajstić information content (AvgIpc) is 2.57. The van der Waals surface area contributed by atoms with Crippen LogP contribution in [0.15, 0.2) is 18.2 Å². The summed E-state index contributed by atoms with van der Waals surface area (Å²) >= 11 is 6.15. The summed E-state index contributed by atoms with van der Waals surface area (Å²) in [7, 11) is 0. The van der Waals surface area contributed by atoms with Crippen molar-refractivity contribution in [2.75, 3.05) is 18.4 Å². The van der Waals surface area contributed by atoms with E-state index in [0.717, 1.165) is 0 Å². The standard InChI is InChI=1S/C19H26ClN3O4/c1-4-23(10-17(24)25)14-7-13(8-14)22-19(27)15-9-12(5-6-16(15)20)21-18(26)11(2)3/h5-6,9,11,13-14H,4,7-8,10H2,1-3H3,(H,21,26)(H,22,27)(H,24,25). The quantitative estimate of drug-likeness (QED) is 0.628. The first-order valence-corrected chi connectivity index (χ1v) is 9.46. The zero-order chi connectivity index (χ0) is 20.1. The van der Waals surface area contributed by atoms with Crippen LogP contribution in [0.3, 0.4) is 0 Å². The zero-order valence-electron chi connectivity index (χ0n) is 15.8. The molecule has 2 amide bonds. The van der Waals surface area contributed by atoms with E-state index in [9.17, 15) is 14.4 Å². The van der Waals surface area contributed by atoms with Crippen molar-refractivity contribution in [1.82, 2.24) is 10.2 Å². The Kier molecular flexibility index (Phi) is 7.21. The molecule has 2 rings (SSSR count). The number of likely N-dealkylation sites (N-methyl/N-ethyl adjacent to an activating group) is 1. The van der Waals surface area contributed by atoms with Gasteiger partial charge in [-0.25, -0.2) is 0 Å². The molecule has 0 spiro atoms. The molecule has 27 heavy (non-hydrogen) atoms. The average molecular weight is 396 g/mol. The van der Waals surface area contributed by atoms with Gasteiger partial charge in [-0.1, -0.05) is 32.4 Å². The molecule has 148 valence electrons. The maximum Gasteiger partial charge on any atom is 0.317 e. The van der Waals surface area contributed by atoms with E-state index in [1.54, 1.807) is 32.0 Å². The molecular weight excluding hydrogens is 370 g/mol. The Bertz CT molecular complexity index is 717. The van der Waals surface area contributed by atoms with E-state index in [4.69, 9.17) is 16.7 Å². The van der Waals surface area contributed by atoms with Crippen LogP contribution in [-0.2, 0) is 9.59 Å². The Morgan fingerprint density at radius 3 is 2.52 bits per heavy atom. The minimum atomic E-state index is -0.851. The molecule has 3 N–H and O–H groups in total. The van der Waals surface area contributed by atoms with Crippen LogP contribution in [0.4, 0.5) is 5.69 Å². The summed E-state index contributed by atoms with van der Waals surface area (Å²) in [5, 5.41) is 14.9. The van der Waals surface area contributed by atoms with Crippen molar-refractivity contribution in [3.8, 4) is 0 Å². The number of halogens is 1. The van der Waals surface area contributed by atoms with Crippen molar-refractivity contribution in [3.63, 3.8) is 0 Å². The van der Waals surface area contributed by atoms with Gasteiger partial charge in [0.05, 0.1) is 17.1 Å². The number of hydrogen-bond donors (Lipinski definition) is 3.